The summed E-state index contributed by atoms with van der Waals surface area (Å²) in [4.78, 5) is 23.0. The van der Waals surface area contributed by atoms with Gasteiger partial charge in [0.2, 0.25) is 5.91 Å². The van der Waals surface area contributed by atoms with E-state index in [0.717, 1.165) is 11.3 Å². The van der Waals surface area contributed by atoms with E-state index in [1.54, 1.807) is 23.7 Å². The molecular formula is C16H16N2O4S. The Hall–Kier alpha value is -2.41. The molecule has 6 nitrogen and oxygen atoms in total. The van der Waals surface area contributed by atoms with E-state index in [9.17, 15) is 9.59 Å². The molecule has 2 aromatic rings. The number of nitrogens with zero attached hydrogens (tertiary/aromatic N) is 2. The minimum atomic E-state index is -0.899. The Morgan fingerprint density at radius 2 is 2.26 bits per heavy atom. The van der Waals surface area contributed by atoms with Crippen LogP contribution in [-0.2, 0) is 9.59 Å². The number of furan rings is 1. The van der Waals surface area contributed by atoms with Gasteiger partial charge in [0.15, 0.2) is 0 Å². The fraction of sp³-hybridized carbons (Fsp3) is 0.312. The van der Waals surface area contributed by atoms with Crippen LogP contribution >= 0.6 is 11.3 Å². The number of hydrogen-bond donors (Lipinski definition) is 1. The highest BCUT2D eigenvalue weighted by Gasteiger charge is 2.34. The van der Waals surface area contributed by atoms with E-state index >= 15 is 0 Å². The molecule has 23 heavy (non-hydrogen) atoms. The molecule has 3 rings (SSSR count). The number of carboxylic acids is 1. The highest BCUT2D eigenvalue weighted by atomic mass is 32.1. The zero-order chi connectivity index (χ0) is 16.2. The first-order valence-corrected chi connectivity index (χ1v) is 8.26. The molecule has 1 aliphatic rings. The van der Waals surface area contributed by atoms with Gasteiger partial charge < -0.3 is 9.52 Å². The molecule has 3 heterocycles. The van der Waals surface area contributed by atoms with E-state index in [1.807, 2.05) is 22.9 Å². The van der Waals surface area contributed by atoms with Crippen molar-refractivity contribution in [2.24, 2.45) is 5.10 Å². The number of hydrogen-bond acceptors (Lipinski definition) is 5. The number of carboxylic acid groups (broad SMARTS) is 1. The first-order chi connectivity index (χ1) is 11.1. The van der Waals surface area contributed by atoms with Gasteiger partial charge in [-0.15, -0.1) is 0 Å². The van der Waals surface area contributed by atoms with Crippen LogP contribution in [0.15, 0.2) is 44.7 Å². The normalized spacial score (nSPS) is 17.3. The molecule has 120 valence electrons. The fourth-order valence-corrected chi connectivity index (χ4v) is 3.22. The van der Waals surface area contributed by atoms with Gasteiger partial charge in [0.05, 0.1) is 12.0 Å². The average molecular weight is 332 g/mol. The van der Waals surface area contributed by atoms with E-state index in [0.29, 0.717) is 18.6 Å². The zero-order valence-electron chi connectivity index (χ0n) is 12.3. The summed E-state index contributed by atoms with van der Waals surface area (Å²) in [6.45, 7) is 0. The number of aliphatic carboxylic acids is 1. The quantitative estimate of drug-likeness (QED) is 0.880. The molecule has 2 aromatic heterocycles. The summed E-state index contributed by atoms with van der Waals surface area (Å²) in [6.07, 6.45) is 2.61. The van der Waals surface area contributed by atoms with Crippen LogP contribution in [0.3, 0.4) is 0 Å². The summed E-state index contributed by atoms with van der Waals surface area (Å²) in [7, 11) is 0. The van der Waals surface area contributed by atoms with Crippen molar-refractivity contribution >= 4 is 28.9 Å². The molecule has 7 heteroatoms. The summed E-state index contributed by atoms with van der Waals surface area (Å²) >= 11 is 1.58. The summed E-state index contributed by atoms with van der Waals surface area (Å²) in [5, 5.41) is 18.6. The van der Waals surface area contributed by atoms with Crippen LogP contribution in [0.5, 0.6) is 0 Å². The first-order valence-electron chi connectivity index (χ1n) is 7.32. The average Bonchev–Trinajstić information content (AvgIpc) is 3.26. The van der Waals surface area contributed by atoms with Crippen LogP contribution in [0.25, 0.3) is 0 Å². The number of hydrazone groups is 1. The maximum Gasteiger partial charge on any atom is 0.303 e. The van der Waals surface area contributed by atoms with Crippen LogP contribution < -0.4 is 0 Å². The Kier molecular flexibility index (Phi) is 4.57. The summed E-state index contributed by atoms with van der Waals surface area (Å²) in [6, 6.07) is 5.32. The summed E-state index contributed by atoms with van der Waals surface area (Å²) in [5.41, 5.74) is 1.85. The second-order valence-electron chi connectivity index (χ2n) is 5.28. The zero-order valence-corrected chi connectivity index (χ0v) is 13.2. The summed E-state index contributed by atoms with van der Waals surface area (Å²) < 4.78 is 5.45. The van der Waals surface area contributed by atoms with Crippen molar-refractivity contribution in [2.45, 2.75) is 31.7 Å². The van der Waals surface area contributed by atoms with Crippen molar-refractivity contribution in [3.05, 3.63) is 46.5 Å². The Labute approximate surface area is 137 Å². The van der Waals surface area contributed by atoms with Gasteiger partial charge >= 0.3 is 5.97 Å². The molecule has 0 spiro atoms. The molecule has 0 saturated carbocycles. The van der Waals surface area contributed by atoms with Crippen molar-refractivity contribution in [1.82, 2.24) is 5.01 Å². The molecule has 0 aromatic carbocycles. The minimum Gasteiger partial charge on any atom is -0.481 e. The molecule has 0 aliphatic carbocycles. The second kappa shape index (κ2) is 6.78. The van der Waals surface area contributed by atoms with Crippen LogP contribution in [-0.4, -0.2) is 27.7 Å². The third kappa shape index (κ3) is 3.50. The molecule has 1 atom stereocenters. The van der Waals surface area contributed by atoms with Crippen molar-refractivity contribution < 1.29 is 19.1 Å². The molecule has 1 N–H and O–H groups in total. The molecule has 0 radical (unpaired) electrons. The lowest BCUT2D eigenvalue weighted by atomic mass is 10.0. The lowest BCUT2D eigenvalue weighted by Gasteiger charge is -2.19. The molecule has 0 fully saturated rings. The number of thiophene rings is 1. The van der Waals surface area contributed by atoms with Crippen LogP contribution in [0.1, 0.15) is 43.0 Å². The van der Waals surface area contributed by atoms with Gasteiger partial charge in [-0.1, -0.05) is 0 Å². The monoisotopic (exact) mass is 332 g/mol. The van der Waals surface area contributed by atoms with Gasteiger partial charge in [-0.2, -0.15) is 16.4 Å². The van der Waals surface area contributed by atoms with Crippen LogP contribution in [0, 0.1) is 0 Å². The van der Waals surface area contributed by atoms with Gasteiger partial charge in [0, 0.05) is 24.8 Å². The van der Waals surface area contributed by atoms with Gasteiger partial charge in [-0.05, 0) is 35.4 Å². The van der Waals surface area contributed by atoms with Gasteiger partial charge in [0.25, 0.3) is 0 Å². The largest absolute Gasteiger partial charge is 0.481 e. The van der Waals surface area contributed by atoms with Crippen molar-refractivity contribution in [1.29, 1.82) is 0 Å². The molecule has 0 bridgehead atoms. The fourth-order valence-electron chi connectivity index (χ4n) is 2.55. The van der Waals surface area contributed by atoms with E-state index in [2.05, 4.69) is 5.10 Å². The van der Waals surface area contributed by atoms with Crippen molar-refractivity contribution in [2.75, 3.05) is 0 Å². The molecule has 1 aliphatic heterocycles. The smallest absolute Gasteiger partial charge is 0.303 e. The van der Waals surface area contributed by atoms with Crippen molar-refractivity contribution in [3.8, 4) is 0 Å². The van der Waals surface area contributed by atoms with E-state index in [-0.39, 0.29) is 24.8 Å². The maximum atomic E-state index is 12.4. The highest BCUT2D eigenvalue weighted by molar-refractivity contribution is 7.08. The van der Waals surface area contributed by atoms with Crippen LogP contribution in [0.2, 0.25) is 0 Å². The molecule has 1 amide bonds. The number of amides is 1. The Morgan fingerprint density at radius 1 is 1.39 bits per heavy atom. The van der Waals surface area contributed by atoms with Gasteiger partial charge in [0.1, 0.15) is 11.8 Å². The Morgan fingerprint density at radius 3 is 2.91 bits per heavy atom. The van der Waals surface area contributed by atoms with E-state index < -0.39 is 5.97 Å². The topological polar surface area (TPSA) is 83.1 Å². The molecular weight excluding hydrogens is 316 g/mol. The van der Waals surface area contributed by atoms with Crippen molar-refractivity contribution in [3.63, 3.8) is 0 Å². The predicted molar refractivity (Wildman–Crippen MR) is 85.3 cm³/mol. The second-order valence-corrected chi connectivity index (χ2v) is 6.06. The van der Waals surface area contributed by atoms with Gasteiger partial charge in [-0.3, -0.25) is 9.59 Å². The minimum absolute atomic E-state index is 0.0217. The number of carbonyl (C=O) groups excluding carboxylic acids is 1. The first kappa shape index (κ1) is 15.5. The van der Waals surface area contributed by atoms with Gasteiger partial charge in [-0.25, -0.2) is 5.01 Å². The highest BCUT2D eigenvalue weighted by Crippen LogP contribution is 2.34. The number of rotatable bonds is 6. The Bertz CT molecular complexity index is 707. The Balaban J connectivity index is 1.77. The SMILES string of the molecule is O=C(O)CCCC(=O)N1N=C(c2ccsc2)CC1c1ccco1. The maximum absolute atomic E-state index is 12.4. The predicted octanol–water partition coefficient (Wildman–Crippen LogP) is 3.27. The third-order valence-corrected chi connectivity index (χ3v) is 4.36. The molecule has 0 saturated heterocycles. The van der Waals surface area contributed by atoms with E-state index in [4.69, 9.17) is 9.52 Å². The standard InChI is InChI=1S/C16H16N2O4S/c19-15(4-1-5-16(20)21)18-13(14-3-2-7-22-14)9-12(17-18)11-6-8-23-10-11/h2-3,6-8,10,13H,1,4-5,9H2,(H,20,21). The third-order valence-electron chi connectivity index (χ3n) is 3.67. The summed E-state index contributed by atoms with van der Waals surface area (Å²) in [5.74, 6) is -0.396. The van der Waals surface area contributed by atoms with Crippen LogP contribution in [0.4, 0.5) is 0 Å². The lowest BCUT2D eigenvalue weighted by molar-refractivity contribution is -0.137. The van der Waals surface area contributed by atoms with E-state index in [1.165, 1.54) is 5.01 Å². The lowest BCUT2D eigenvalue weighted by Crippen LogP contribution is -2.26. The molecule has 1 unspecified atom stereocenters. The number of carbonyl (C=O) groups is 2.